The summed E-state index contributed by atoms with van der Waals surface area (Å²) in [5, 5.41) is 24.0. The van der Waals surface area contributed by atoms with E-state index in [0.717, 1.165) is 35.7 Å². The summed E-state index contributed by atoms with van der Waals surface area (Å²) in [6.07, 6.45) is -4.04. The lowest BCUT2D eigenvalue weighted by Crippen LogP contribution is -2.58. The van der Waals surface area contributed by atoms with Crippen LogP contribution in [0.2, 0.25) is 0 Å². The SMILES string of the molecule is O=C(c1csc(C(F)(F)F)n1)N1CCOC2(CCN(CCOc3ccc(CNCC(O)c4ccc(O)c5[nH]c(=O)sc45)cc3)CC2)C1. The van der Waals surface area contributed by atoms with Gasteiger partial charge in [-0.15, -0.1) is 11.3 Å². The van der Waals surface area contributed by atoms with Crippen LogP contribution in [-0.4, -0.2) is 94.0 Å². The van der Waals surface area contributed by atoms with Crippen molar-refractivity contribution in [3.05, 3.63) is 73.3 Å². The summed E-state index contributed by atoms with van der Waals surface area (Å²) in [5.74, 6) is 0.203. The van der Waals surface area contributed by atoms with Gasteiger partial charge in [-0.2, -0.15) is 13.2 Å². The highest BCUT2D eigenvalue weighted by Gasteiger charge is 2.42. The van der Waals surface area contributed by atoms with Crippen LogP contribution < -0.4 is 14.9 Å². The summed E-state index contributed by atoms with van der Waals surface area (Å²) < 4.78 is 51.5. The Morgan fingerprint density at radius 1 is 1.17 bits per heavy atom. The average Bonchev–Trinajstić information content (AvgIpc) is 3.71. The summed E-state index contributed by atoms with van der Waals surface area (Å²) in [7, 11) is 0. The first-order valence-corrected chi connectivity index (χ1v) is 16.8. The predicted molar refractivity (Wildman–Crippen MR) is 170 cm³/mol. The fourth-order valence-electron chi connectivity index (χ4n) is 5.93. The first kappa shape index (κ1) is 33.4. The number of nitrogens with zero attached hydrogens (tertiary/aromatic N) is 3. The number of morpholine rings is 1. The van der Waals surface area contributed by atoms with Gasteiger partial charge in [-0.05, 0) is 36.6 Å². The number of aromatic amines is 1. The maximum atomic E-state index is 12.9. The molecule has 252 valence electrons. The molecule has 47 heavy (non-hydrogen) atoms. The number of aromatic nitrogens is 2. The lowest BCUT2D eigenvalue weighted by Gasteiger charge is -2.47. The number of nitrogens with one attached hydrogen (secondary N) is 2. The topological polar surface area (TPSA) is 140 Å². The van der Waals surface area contributed by atoms with E-state index in [9.17, 15) is 33.0 Å². The molecule has 6 rings (SSSR count). The molecule has 1 atom stereocenters. The van der Waals surface area contributed by atoms with Gasteiger partial charge < -0.3 is 34.9 Å². The number of thiazole rings is 2. The zero-order valence-corrected chi connectivity index (χ0v) is 26.8. The van der Waals surface area contributed by atoms with Gasteiger partial charge in [-0.25, -0.2) is 4.98 Å². The van der Waals surface area contributed by atoms with Gasteiger partial charge in [-0.3, -0.25) is 14.5 Å². The lowest BCUT2D eigenvalue weighted by atomic mass is 9.89. The highest BCUT2D eigenvalue weighted by molar-refractivity contribution is 7.16. The number of likely N-dealkylation sites (tertiary alicyclic amines) is 1. The first-order valence-electron chi connectivity index (χ1n) is 15.1. The van der Waals surface area contributed by atoms with Crippen molar-refractivity contribution in [3.63, 3.8) is 0 Å². The molecule has 4 heterocycles. The Kier molecular flexibility index (Phi) is 9.87. The van der Waals surface area contributed by atoms with Crippen molar-refractivity contribution in [2.24, 2.45) is 0 Å². The smallest absolute Gasteiger partial charge is 0.443 e. The number of alkyl halides is 3. The van der Waals surface area contributed by atoms with Gasteiger partial charge in [0.25, 0.3) is 5.91 Å². The Bertz CT molecular complexity index is 1750. The summed E-state index contributed by atoms with van der Waals surface area (Å²) in [6, 6.07) is 10.7. The van der Waals surface area contributed by atoms with Crippen LogP contribution in [0.5, 0.6) is 11.5 Å². The van der Waals surface area contributed by atoms with Crippen LogP contribution in [-0.2, 0) is 17.5 Å². The normalized spacial score (nSPS) is 17.7. The largest absolute Gasteiger partial charge is 0.506 e. The molecule has 1 spiro atoms. The lowest BCUT2D eigenvalue weighted by molar-refractivity contribution is -0.137. The number of phenols is 1. The minimum absolute atomic E-state index is 0.0325. The Morgan fingerprint density at radius 2 is 1.94 bits per heavy atom. The third kappa shape index (κ3) is 7.79. The van der Waals surface area contributed by atoms with Crippen molar-refractivity contribution in [2.75, 3.05) is 52.5 Å². The van der Waals surface area contributed by atoms with E-state index in [-0.39, 0.29) is 22.9 Å². The van der Waals surface area contributed by atoms with Gasteiger partial charge in [0.1, 0.15) is 29.3 Å². The second kappa shape index (κ2) is 13.9. The van der Waals surface area contributed by atoms with Crippen LogP contribution in [0, 0.1) is 0 Å². The van der Waals surface area contributed by atoms with E-state index in [2.05, 4.69) is 20.2 Å². The van der Waals surface area contributed by atoms with Crippen LogP contribution in [0.3, 0.4) is 0 Å². The second-order valence-electron chi connectivity index (χ2n) is 11.7. The molecule has 0 radical (unpaired) electrons. The number of amides is 1. The number of fused-ring (bicyclic) bond motifs is 1. The highest BCUT2D eigenvalue weighted by atomic mass is 32.1. The Labute approximate surface area is 275 Å². The Balaban J connectivity index is 0.911. The van der Waals surface area contributed by atoms with E-state index in [1.807, 2.05) is 24.3 Å². The van der Waals surface area contributed by atoms with Gasteiger partial charge in [0.15, 0.2) is 5.01 Å². The minimum Gasteiger partial charge on any atom is -0.506 e. The quantitative estimate of drug-likeness (QED) is 0.194. The minimum atomic E-state index is -4.57. The van der Waals surface area contributed by atoms with Gasteiger partial charge in [0.2, 0.25) is 0 Å². The van der Waals surface area contributed by atoms with Crippen molar-refractivity contribution >= 4 is 38.8 Å². The molecule has 2 aliphatic rings. The fourth-order valence-corrected chi connectivity index (χ4v) is 7.51. The number of aliphatic hydroxyl groups is 1. The van der Waals surface area contributed by atoms with Crippen molar-refractivity contribution in [1.82, 2.24) is 25.1 Å². The predicted octanol–water partition coefficient (Wildman–Crippen LogP) is 3.98. The molecule has 2 fully saturated rings. The van der Waals surface area contributed by atoms with Crippen molar-refractivity contribution in [3.8, 4) is 11.5 Å². The number of carbonyl (C=O) groups is 1. The zero-order chi connectivity index (χ0) is 33.2. The number of rotatable bonds is 10. The van der Waals surface area contributed by atoms with Gasteiger partial charge in [-0.1, -0.05) is 29.5 Å². The third-order valence-electron chi connectivity index (χ3n) is 8.48. The molecule has 0 bridgehead atoms. The number of ether oxygens (including phenoxy) is 2. The maximum Gasteiger partial charge on any atom is 0.443 e. The Morgan fingerprint density at radius 3 is 2.66 bits per heavy atom. The average molecular weight is 694 g/mol. The molecule has 2 aliphatic heterocycles. The number of H-pyrrole nitrogens is 1. The van der Waals surface area contributed by atoms with E-state index in [4.69, 9.17) is 9.47 Å². The van der Waals surface area contributed by atoms with Gasteiger partial charge in [0.05, 0.1) is 29.6 Å². The molecule has 2 aromatic carbocycles. The van der Waals surface area contributed by atoms with E-state index in [1.54, 1.807) is 11.0 Å². The van der Waals surface area contributed by atoms with Crippen LogP contribution in [0.1, 0.15) is 45.6 Å². The standard InChI is InChI=1S/C31H34F3N5O6S2/c32-31(33,34)28-36-22(17-46-28)27(42)39-12-14-45-30(18-39)7-9-38(10-8-30)11-13-44-20-3-1-19(2-4-20)15-35-16-24(41)21-5-6-23(40)25-26(21)47-29(43)37-25/h1-6,17,24,35,40-41H,7-16,18H2,(H,37,43). The molecule has 1 amide bonds. The van der Waals surface area contributed by atoms with Crippen LogP contribution >= 0.6 is 22.7 Å². The van der Waals surface area contributed by atoms with E-state index >= 15 is 0 Å². The first-order chi connectivity index (χ1) is 22.5. The number of aliphatic hydroxyl groups excluding tert-OH is 1. The molecule has 4 aromatic rings. The van der Waals surface area contributed by atoms with Gasteiger partial charge in [0, 0.05) is 50.2 Å². The summed E-state index contributed by atoms with van der Waals surface area (Å²) in [4.78, 5) is 34.3. The number of benzene rings is 2. The molecule has 11 nitrogen and oxygen atoms in total. The molecular formula is C31H34F3N5O6S2. The number of carbonyl (C=O) groups excluding carboxylic acids is 1. The molecule has 0 aliphatic carbocycles. The monoisotopic (exact) mass is 693 g/mol. The van der Waals surface area contributed by atoms with Crippen molar-refractivity contribution in [1.29, 1.82) is 0 Å². The molecule has 16 heteroatoms. The van der Waals surface area contributed by atoms with Crippen molar-refractivity contribution in [2.45, 2.75) is 37.3 Å². The van der Waals surface area contributed by atoms with E-state index in [0.29, 0.717) is 79.4 Å². The number of hydrogen-bond donors (Lipinski definition) is 4. The highest BCUT2D eigenvalue weighted by Crippen LogP contribution is 2.34. The summed E-state index contributed by atoms with van der Waals surface area (Å²) in [6.45, 7) is 4.43. The molecule has 1 unspecified atom stereocenters. The van der Waals surface area contributed by atoms with Crippen LogP contribution in [0.25, 0.3) is 10.2 Å². The maximum absolute atomic E-state index is 12.9. The third-order valence-corrected chi connectivity index (χ3v) is 10.3. The number of phenolic OH excluding ortho intramolecular Hbond substituents is 1. The molecular weight excluding hydrogens is 659 g/mol. The summed E-state index contributed by atoms with van der Waals surface area (Å²) in [5.41, 5.74) is 1.21. The molecule has 2 aromatic heterocycles. The number of hydrogen-bond acceptors (Lipinski definition) is 11. The summed E-state index contributed by atoms with van der Waals surface area (Å²) >= 11 is 1.38. The Hall–Kier alpha value is -3.54. The van der Waals surface area contributed by atoms with E-state index in [1.165, 1.54) is 11.4 Å². The van der Waals surface area contributed by atoms with Crippen LogP contribution in [0.15, 0.2) is 46.6 Å². The molecule has 4 N–H and O–H groups in total. The second-order valence-corrected chi connectivity index (χ2v) is 13.5. The van der Waals surface area contributed by atoms with Crippen molar-refractivity contribution < 1.29 is 37.7 Å². The number of piperidine rings is 1. The van der Waals surface area contributed by atoms with Gasteiger partial charge >= 0.3 is 11.0 Å². The zero-order valence-electron chi connectivity index (χ0n) is 25.2. The molecule has 0 saturated carbocycles. The number of aromatic hydroxyl groups is 1. The van der Waals surface area contributed by atoms with E-state index < -0.39 is 28.8 Å². The fraction of sp³-hybridized carbons (Fsp3) is 0.452. The molecule has 2 saturated heterocycles. The number of halogens is 3. The van der Waals surface area contributed by atoms with Crippen LogP contribution in [0.4, 0.5) is 13.2 Å².